The Morgan fingerprint density at radius 2 is 1.73 bits per heavy atom. The van der Waals surface area contributed by atoms with Gasteiger partial charge in [0.15, 0.2) is 0 Å². The molecule has 9 nitrogen and oxygen atoms in total. The first-order valence-corrected chi connectivity index (χ1v) is 17.9. The van der Waals surface area contributed by atoms with Crippen molar-refractivity contribution in [2.45, 2.75) is 84.2 Å². The van der Waals surface area contributed by atoms with Gasteiger partial charge in [-0.3, -0.25) is 4.79 Å². The highest BCUT2D eigenvalue weighted by Gasteiger charge is 2.27. The molecule has 1 aromatic heterocycles. The van der Waals surface area contributed by atoms with Crippen LogP contribution in [0.4, 0.5) is 4.79 Å². The van der Waals surface area contributed by atoms with E-state index < -0.39 is 5.60 Å². The average molecular weight is 710 g/mol. The maximum absolute atomic E-state index is 13.8. The minimum Gasteiger partial charge on any atom is -0.460 e. The topological polar surface area (TPSA) is 120 Å². The molecule has 3 N–H and O–H groups in total. The molecule has 1 saturated heterocycles. The molecule has 2 amide bonds. The first-order chi connectivity index (χ1) is 24.4. The molecule has 0 saturated carbocycles. The number of furan rings is 1. The Morgan fingerprint density at radius 1 is 1.02 bits per heavy atom. The minimum atomic E-state index is -0.537. The van der Waals surface area contributed by atoms with Crippen LogP contribution < -0.4 is 16.0 Å². The summed E-state index contributed by atoms with van der Waals surface area (Å²) in [6, 6.07) is 27.3. The molecule has 0 radical (unpaired) electrons. The lowest BCUT2D eigenvalue weighted by Gasteiger charge is -2.34. The number of piperidine rings is 1. The normalized spacial score (nSPS) is 14.8. The van der Waals surface area contributed by atoms with Crippen molar-refractivity contribution in [3.05, 3.63) is 117 Å². The number of hydrogen-bond acceptors (Lipinski definition) is 7. The van der Waals surface area contributed by atoms with E-state index in [-0.39, 0.29) is 30.1 Å². The van der Waals surface area contributed by atoms with E-state index in [1.165, 1.54) is 11.1 Å². The van der Waals surface area contributed by atoms with Crippen molar-refractivity contribution in [1.29, 1.82) is 5.26 Å². The van der Waals surface area contributed by atoms with Crippen LogP contribution in [-0.4, -0.2) is 54.2 Å². The third-order valence-electron chi connectivity index (χ3n) is 9.02. The minimum absolute atomic E-state index is 0.154. The van der Waals surface area contributed by atoms with Crippen molar-refractivity contribution < 1.29 is 18.7 Å². The lowest BCUT2D eigenvalue weighted by Crippen LogP contribution is -2.50. The van der Waals surface area contributed by atoms with E-state index in [4.69, 9.17) is 20.8 Å². The molecule has 4 aromatic rings. The molecule has 0 aliphatic carbocycles. The Morgan fingerprint density at radius 3 is 2.39 bits per heavy atom. The molecule has 51 heavy (non-hydrogen) atoms. The second-order valence-corrected chi connectivity index (χ2v) is 14.7. The summed E-state index contributed by atoms with van der Waals surface area (Å²) >= 11 is 6.60. The number of nitrogens with one attached hydrogen (secondary N) is 3. The van der Waals surface area contributed by atoms with Crippen LogP contribution in [0.5, 0.6) is 0 Å². The molecular formula is C41H48ClN5O4. The lowest BCUT2D eigenvalue weighted by atomic mass is 10.0. The fourth-order valence-electron chi connectivity index (χ4n) is 6.05. The highest BCUT2D eigenvalue weighted by molar-refractivity contribution is 6.34. The maximum atomic E-state index is 13.8. The van der Waals surface area contributed by atoms with E-state index in [2.05, 4.69) is 60.1 Å². The standard InChI is InChI=1S/C41H48ClN5O4/c1-27-6-12-31(13-7-27)28(2)44-26-35-15-17-38(50-35)32-14-16-37(42)36(23-32)39(48)46-34(22-29-8-10-30(24-43)11-9-29)25-45-33-18-20-47(21-19-33)40(49)51-41(3,4)5/h6-17,23,28,33-34,44-45H,18-22,25-26H2,1-5H3,(H,46,48)/t28-,34-/m1/s1. The van der Waals surface area contributed by atoms with Crippen LogP contribution >= 0.6 is 11.6 Å². The summed E-state index contributed by atoms with van der Waals surface area (Å²) in [5, 5.41) is 19.9. The predicted octanol–water partition coefficient (Wildman–Crippen LogP) is 7.96. The predicted molar refractivity (Wildman–Crippen MR) is 201 cm³/mol. The van der Waals surface area contributed by atoms with Crippen LogP contribution in [0.25, 0.3) is 11.3 Å². The van der Waals surface area contributed by atoms with Gasteiger partial charge >= 0.3 is 6.09 Å². The molecule has 10 heteroatoms. The van der Waals surface area contributed by atoms with Crippen LogP contribution in [0.3, 0.4) is 0 Å². The van der Waals surface area contributed by atoms with Gasteiger partial charge in [-0.15, -0.1) is 0 Å². The van der Waals surface area contributed by atoms with E-state index in [0.29, 0.717) is 54.5 Å². The van der Waals surface area contributed by atoms with Gasteiger partial charge in [0.1, 0.15) is 17.1 Å². The summed E-state index contributed by atoms with van der Waals surface area (Å²) in [6.07, 6.45) is 1.81. The average Bonchev–Trinajstić information content (AvgIpc) is 3.59. The molecule has 0 bridgehead atoms. The van der Waals surface area contributed by atoms with E-state index in [0.717, 1.165) is 29.7 Å². The van der Waals surface area contributed by atoms with Crippen molar-refractivity contribution in [1.82, 2.24) is 20.9 Å². The quantitative estimate of drug-likeness (QED) is 0.137. The first-order valence-electron chi connectivity index (χ1n) is 17.6. The highest BCUT2D eigenvalue weighted by Crippen LogP contribution is 2.28. The van der Waals surface area contributed by atoms with Gasteiger partial charge in [0.25, 0.3) is 5.91 Å². The molecule has 0 spiro atoms. The molecule has 1 fully saturated rings. The zero-order valence-electron chi connectivity index (χ0n) is 30.1. The molecule has 0 unspecified atom stereocenters. The Bertz CT molecular complexity index is 1820. The Kier molecular flexibility index (Phi) is 12.6. The van der Waals surface area contributed by atoms with Crippen molar-refractivity contribution >= 4 is 23.6 Å². The van der Waals surface area contributed by atoms with Crippen molar-refractivity contribution in [3.63, 3.8) is 0 Å². The first kappa shape index (κ1) is 37.6. The molecular weight excluding hydrogens is 662 g/mol. The van der Waals surface area contributed by atoms with Crippen LogP contribution in [0, 0.1) is 18.3 Å². The fourth-order valence-corrected chi connectivity index (χ4v) is 6.25. The second-order valence-electron chi connectivity index (χ2n) is 14.3. The molecule has 3 aromatic carbocycles. The monoisotopic (exact) mass is 709 g/mol. The number of benzene rings is 3. The Balaban J connectivity index is 1.23. The van der Waals surface area contributed by atoms with Crippen LogP contribution in [0.2, 0.25) is 5.02 Å². The zero-order valence-corrected chi connectivity index (χ0v) is 30.8. The molecule has 2 heterocycles. The van der Waals surface area contributed by atoms with Gasteiger partial charge in [0.2, 0.25) is 0 Å². The summed E-state index contributed by atoms with van der Waals surface area (Å²) in [5.74, 6) is 1.15. The maximum Gasteiger partial charge on any atom is 0.410 e. The molecule has 5 rings (SSSR count). The van der Waals surface area contributed by atoms with E-state index in [1.807, 2.05) is 51.1 Å². The highest BCUT2D eigenvalue weighted by atomic mass is 35.5. The number of hydrogen-bond donors (Lipinski definition) is 3. The fraction of sp³-hybridized carbons (Fsp3) is 0.390. The van der Waals surface area contributed by atoms with Crippen LogP contribution in [0.15, 0.2) is 83.3 Å². The smallest absolute Gasteiger partial charge is 0.410 e. The number of ether oxygens (including phenoxy) is 1. The van der Waals surface area contributed by atoms with E-state index in [9.17, 15) is 14.9 Å². The van der Waals surface area contributed by atoms with Gasteiger partial charge in [-0.2, -0.15) is 5.26 Å². The van der Waals surface area contributed by atoms with Gasteiger partial charge in [-0.05, 0) is 107 Å². The van der Waals surface area contributed by atoms with Crippen LogP contribution in [-0.2, 0) is 17.7 Å². The SMILES string of the molecule is Cc1ccc([C@@H](C)NCc2ccc(-c3ccc(Cl)c(C(=O)N[C@@H](CNC4CCN(C(=O)OC(C)(C)C)CC4)Cc4ccc(C#N)cc4)c3)o2)cc1. The van der Waals surface area contributed by atoms with Crippen molar-refractivity contribution in [3.8, 4) is 17.4 Å². The number of carbonyl (C=O) groups excluding carboxylic acids is 2. The van der Waals surface area contributed by atoms with E-state index in [1.54, 1.807) is 29.2 Å². The summed E-state index contributed by atoms with van der Waals surface area (Å²) in [7, 11) is 0. The zero-order chi connectivity index (χ0) is 36.5. The number of halogens is 1. The van der Waals surface area contributed by atoms with Gasteiger partial charge < -0.3 is 30.0 Å². The second kappa shape index (κ2) is 17.1. The number of amides is 2. The largest absolute Gasteiger partial charge is 0.460 e. The third kappa shape index (κ3) is 10.9. The molecule has 1 aliphatic heterocycles. The number of nitriles is 1. The third-order valence-corrected chi connectivity index (χ3v) is 9.35. The number of nitrogens with zero attached hydrogens (tertiary/aromatic N) is 2. The van der Waals surface area contributed by atoms with E-state index >= 15 is 0 Å². The molecule has 1 aliphatic rings. The number of likely N-dealkylation sites (tertiary alicyclic amines) is 1. The van der Waals surface area contributed by atoms with Crippen molar-refractivity contribution in [2.24, 2.45) is 0 Å². The number of aryl methyl sites for hydroxylation is 1. The Labute approximate surface area is 306 Å². The van der Waals surface area contributed by atoms with Crippen LogP contribution in [0.1, 0.15) is 85.0 Å². The van der Waals surface area contributed by atoms with Gasteiger partial charge in [0.05, 0.1) is 28.8 Å². The summed E-state index contributed by atoms with van der Waals surface area (Å²) in [4.78, 5) is 28.1. The molecule has 2 atom stereocenters. The summed E-state index contributed by atoms with van der Waals surface area (Å²) in [6.45, 7) is 12.1. The Hall–Kier alpha value is -4.62. The lowest BCUT2D eigenvalue weighted by molar-refractivity contribution is 0.0197. The van der Waals surface area contributed by atoms with Gasteiger partial charge in [-0.1, -0.05) is 53.6 Å². The number of carbonyl (C=O) groups is 2. The number of rotatable bonds is 12. The summed E-state index contributed by atoms with van der Waals surface area (Å²) < 4.78 is 11.7. The molecule has 268 valence electrons. The van der Waals surface area contributed by atoms with Gasteiger partial charge in [-0.25, -0.2) is 4.79 Å². The van der Waals surface area contributed by atoms with Gasteiger partial charge in [0, 0.05) is 43.3 Å². The van der Waals surface area contributed by atoms with Crippen molar-refractivity contribution in [2.75, 3.05) is 19.6 Å². The summed E-state index contributed by atoms with van der Waals surface area (Å²) in [5.41, 5.74) is 4.58.